The standard InChI is InChI=1S/C15H10F2N2O.C14H19BN2O2.C7H3BrF2O/c1-19-7-11-10(3-2-4-15(11)18-19)9-5-13(16)12(8-20)14(17)6-9;1-13(2)14(3,4)19-15(18-13)11-7-6-8-12-10(11)9-17(5)16-12;8-4-1-6(9)5(3-11)7(10)2-4/h2-8H,1H3;6-9H,1-5H3;1-3H. The monoisotopic (exact) mass is 750 g/mol. The Morgan fingerprint density at radius 1 is 0.700 bits per heavy atom. The fourth-order valence-corrected chi connectivity index (χ4v) is 5.69. The van der Waals surface area contributed by atoms with Crippen molar-refractivity contribution in [3.05, 3.63) is 112 Å². The second-order valence-corrected chi connectivity index (χ2v) is 13.5. The number of halogens is 5. The van der Waals surface area contributed by atoms with Crippen molar-refractivity contribution in [1.82, 2.24) is 19.6 Å². The van der Waals surface area contributed by atoms with E-state index in [1.165, 1.54) is 0 Å². The lowest BCUT2D eigenvalue weighted by Gasteiger charge is -2.32. The number of benzene rings is 4. The average molecular weight is 751 g/mol. The maximum atomic E-state index is 13.7. The van der Waals surface area contributed by atoms with Gasteiger partial charge in [-0.3, -0.25) is 19.0 Å². The number of fused-ring (bicyclic) bond motifs is 2. The van der Waals surface area contributed by atoms with Crippen LogP contribution < -0.4 is 5.46 Å². The van der Waals surface area contributed by atoms with Crippen LogP contribution in [-0.4, -0.2) is 50.5 Å². The number of carbonyl (C=O) groups excluding carboxylic acids is 2. The first kappa shape index (κ1) is 36.6. The lowest BCUT2D eigenvalue weighted by Crippen LogP contribution is -2.41. The second kappa shape index (κ2) is 14.3. The molecule has 14 heteroatoms. The summed E-state index contributed by atoms with van der Waals surface area (Å²) < 4.78 is 68.6. The molecule has 0 N–H and O–H groups in total. The quantitative estimate of drug-likeness (QED) is 0.104. The molecule has 1 aliphatic heterocycles. The first-order chi connectivity index (χ1) is 23.5. The molecule has 0 saturated carbocycles. The Morgan fingerprint density at radius 3 is 1.64 bits per heavy atom. The molecule has 0 amide bonds. The third-order valence-electron chi connectivity index (χ3n) is 8.54. The number of nitrogens with zero attached hydrogens (tertiary/aromatic N) is 4. The van der Waals surface area contributed by atoms with Gasteiger partial charge in [-0.25, -0.2) is 17.6 Å². The molecule has 3 heterocycles. The van der Waals surface area contributed by atoms with Crippen LogP contribution in [0.3, 0.4) is 0 Å². The molecule has 8 nitrogen and oxygen atoms in total. The molecule has 0 bridgehead atoms. The molecule has 1 aliphatic rings. The molecule has 2 aromatic heterocycles. The molecule has 6 aromatic rings. The maximum absolute atomic E-state index is 13.7. The van der Waals surface area contributed by atoms with E-state index in [9.17, 15) is 27.2 Å². The molecule has 4 aromatic carbocycles. The summed E-state index contributed by atoms with van der Waals surface area (Å²) in [6.45, 7) is 8.26. The zero-order chi connectivity index (χ0) is 36.5. The minimum atomic E-state index is -0.865. The van der Waals surface area contributed by atoms with E-state index in [2.05, 4.69) is 53.8 Å². The van der Waals surface area contributed by atoms with Crippen LogP contribution in [-0.2, 0) is 23.4 Å². The van der Waals surface area contributed by atoms with Gasteiger partial charge in [0.15, 0.2) is 12.6 Å². The molecule has 0 spiro atoms. The van der Waals surface area contributed by atoms with Gasteiger partial charge in [0.1, 0.15) is 23.3 Å². The minimum absolute atomic E-state index is 0.150. The Morgan fingerprint density at radius 2 is 1.14 bits per heavy atom. The van der Waals surface area contributed by atoms with E-state index in [4.69, 9.17) is 9.31 Å². The third kappa shape index (κ3) is 7.42. The molecule has 1 saturated heterocycles. The molecular weight excluding hydrogens is 719 g/mol. The van der Waals surface area contributed by atoms with Gasteiger partial charge in [0.05, 0.1) is 33.4 Å². The van der Waals surface area contributed by atoms with Gasteiger partial charge in [-0.05, 0) is 80.7 Å². The molecule has 258 valence electrons. The Labute approximate surface area is 294 Å². The Bertz CT molecular complexity index is 2180. The fourth-order valence-electron chi connectivity index (χ4n) is 5.29. The SMILES string of the molecule is Cn1cc2c(-c3cc(F)c(C=O)c(F)c3)cccc2n1.Cn1cc2c(B3OC(C)(C)C(C)(C)O3)cccc2n1.O=Cc1c(F)cc(Br)cc1F. The van der Waals surface area contributed by atoms with E-state index >= 15 is 0 Å². The molecule has 7 rings (SSSR count). The van der Waals surface area contributed by atoms with Crippen molar-refractivity contribution in [2.45, 2.75) is 38.9 Å². The van der Waals surface area contributed by atoms with Crippen molar-refractivity contribution in [3.8, 4) is 11.1 Å². The summed E-state index contributed by atoms with van der Waals surface area (Å²) in [5.41, 5.74) is 2.09. The normalized spacial score (nSPS) is 14.6. The Balaban J connectivity index is 0.000000152. The number of carbonyl (C=O) groups is 2. The summed E-state index contributed by atoms with van der Waals surface area (Å²) in [6, 6.07) is 15.8. The fraction of sp³-hybridized carbons (Fsp3) is 0.222. The molecule has 0 unspecified atom stereocenters. The predicted molar refractivity (Wildman–Crippen MR) is 187 cm³/mol. The average Bonchev–Trinajstić information content (AvgIpc) is 3.67. The van der Waals surface area contributed by atoms with E-state index < -0.39 is 34.4 Å². The van der Waals surface area contributed by atoms with Crippen LogP contribution >= 0.6 is 15.9 Å². The highest BCUT2D eigenvalue weighted by molar-refractivity contribution is 9.10. The largest absolute Gasteiger partial charge is 0.495 e. The molecule has 0 aliphatic carbocycles. The number of rotatable bonds is 4. The van der Waals surface area contributed by atoms with E-state index in [0.717, 1.165) is 51.5 Å². The number of hydrogen-bond acceptors (Lipinski definition) is 6. The molecule has 0 atom stereocenters. The van der Waals surface area contributed by atoms with Crippen LogP contribution in [0.15, 0.2) is 77.5 Å². The van der Waals surface area contributed by atoms with Gasteiger partial charge in [-0.2, -0.15) is 10.2 Å². The first-order valence-electron chi connectivity index (χ1n) is 15.3. The van der Waals surface area contributed by atoms with Gasteiger partial charge >= 0.3 is 7.12 Å². The van der Waals surface area contributed by atoms with Crippen molar-refractivity contribution in [1.29, 1.82) is 0 Å². The number of aromatic nitrogens is 4. The van der Waals surface area contributed by atoms with Crippen molar-refractivity contribution in [2.24, 2.45) is 14.1 Å². The van der Waals surface area contributed by atoms with Crippen molar-refractivity contribution >= 4 is 62.9 Å². The van der Waals surface area contributed by atoms with Gasteiger partial charge in [0.2, 0.25) is 0 Å². The minimum Gasteiger partial charge on any atom is -0.399 e. The Kier molecular flexibility index (Phi) is 10.5. The van der Waals surface area contributed by atoms with Gasteiger partial charge in [-0.15, -0.1) is 0 Å². The zero-order valence-corrected chi connectivity index (χ0v) is 29.6. The second-order valence-electron chi connectivity index (χ2n) is 12.6. The van der Waals surface area contributed by atoms with Crippen LogP contribution in [0.2, 0.25) is 0 Å². The van der Waals surface area contributed by atoms with Crippen LogP contribution in [0.25, 0.3) is 32.9 Å². The van der Waals surface area contributed by atoms with Gasteiger partial charge < -0.3 is 9.31 Å². The lowest BCUT2D eigenvalue weighted by atomic mass is 9.77. The van der Waals surface area contributed by atoms with Crippen LogP contribution in [0.4, 0.5) is 17.6 Å². The highest BCUT2D eigenvalue weighted by Crippen LogP contribution is 2.37. The summed E-state index contributed by atoms with van der Waals surface area (Å²) in [5, 5.41) is 10.6. The third-order valence-corrected chi connectivity index (χ3v) is 9.00. The molecular formula is C36H32BBrF4N4O4. The summed E-state index contributed by atoms with van der Waals surface area (Å²) in [7, 11) is 3.37. The van der Waals surface area contributed by atoms with Crippen molar-refractivity contribution in [3.63, 3.8) is 0 Å². The van der Waals surface area contributed by atoms with Crippen molar-refractivity contribution < 1.29 is 36.5 Å². The number of hydrogen-bond donors (Lipinski definition) is 0. The first-order valence-corrected chi connectivity index (χ1v) is 16.1. The lowest BCUT2D eigenvalue weighted by molar-refractivity contribution is 0.00578. The predicted octanol–water partition coefficient (Wildman–Crippen LogP) is 7.74. The summed E-state index contributed by atoms with van der Waals surface area (Å²) in [4.78, 5) is 20.7. The topological polar surface area (TPSA) is 88.2 Å². The summed E-state index contributed by atoms with van der Waals surface area (Å²) >= 11 is 2.88. The molecule has 50 heavy (non-hydrogen) atoms. The highest BCUT2D eigenvalue weighted by Gasteiger charge is 2.52. The molecule has 0 radical (unpaired) electrons. The summed E-state index contributed by atoms with van der Waals surface area (Å²) in [6.07, 6.45) is 4.13. The van der Waals surface area contributed by atoms with Gasteiger partial charge in [-0.1, -0.05) is 40.2 Å². The number of aryl methyl sites for hydroxylation is 2. The zero-order valence-electron chi connectivity index (χ0n) is 28.0. The maximum Gasteiger partial charge on any atom is 0.495 e. The molecule has 1 fully saturated rings. The van der Waals surface area contributed by atoms with E-state index in [1.807, 2.05) is 42.2 Å². The van der Waals surface area contributed by atoms with Crippen LogP contribution in [0, 0.1) is 23.3 Å². The van der Waals surface area contributed by atoms with E-state index in [0.29, 0.717) is 11.1 Å². The smallest absolute Gasteiger partial charge is 0.399 e. The Hall–Kier alpha value is -4.66. The number of aldehydes is 2. The van der Waals surface area contributed by atoms with Gasteiger partial charge in [0, 0.05) is 41.7 Å². The van der Waals surface area contributed by atoms with Crippen LogP contribution in [0.5, 0.6) is 0 Å². The van der Waals surface area contributed by atoms with Crippen molar-refractivity contribution in [2.75, 3.05) is 0 Å². The van der Waals surface area contributed by atoms with Gasteiger partial charge in [0.25, 0.3) is 0 Å². The highest BCUT2D eigenvalue weighted by atomic mass is 79.9. The van der Waals surface area contributed by atoms with Crippen LogP contribution in [0.1, 0.15) is 48.4 Å². The summed E-state index contributed by atoms with van der Waals surface area (Å²) in [5.74, 6) is -3.44. The van der Waals surface area contributed by atoms with E-state index in [1.54, 1.807) is 30.1 Å². The van der Waals surface area contributed by atoms with E-state index in [-0.39, 0.29) is 35.4 Å².